The van der Waals surface area contributed by atoms with E-state index in [1.807, 2.05) is 55.4 Å². The molecule has 30 heavy (non-hydrogen) atoms. The molecule has 0 heterocycles. The standard InChI is InChI=1S/C14H21N.C3H8.4C2H6.C2H4.CH5N/c1-3-5-12-15(11-4-2)13-14-9-7-6-8-10-14;1-3-2;6*1-2/h3-7,9,11H,8,10,12-13H2,1-2H3;3H2,1-2H3;4*1-2H3;1-2H2;2H2,1H3/b5-3-,11-4-;;;;;;;. The van der Waals surface area contributed by atoms with E-state index in [2.05, 4.69) is 94.1 Å². The molecule has 0 aromatic carbocycles. The van der Waals surface area contributed by atoms with Crippen LogP contribution >= 0.6 is 0 Å². The fourth-order valence-corrected chi connectivity index (χ4v) is 1.67. The largest absolute Gasteiger partial charge is 0.370 e. The molecule has 2 N–H and O–H groups in total. The topological polar surface area (TPSA) is 29.3 Å². The zero-order valence-corrected chi connectivity index (χ0v) is 23.5. The van der Waals surface area contributed by atoms with Gasteiger partial charge in [0.1, 0.15) is 0 Å². The van der Waals surface area contributed by atoms with E-state index < -0.39 is 0 Å². The van der Waals surface area contributed by atoms with Crippen molar-refractivity contribution in [3.05, 3.63) is 61.4 Å². The van der Waals surface area contributed by atoms with Gasteiger partial charge >= 0.3 is 0 Å². The van der Waals surface area contributed by atoms with Crippen LogP contribution in [0.5, 0.6) is 0 Å². The molecule has 0 saturated carbocycles. The van der Waals surface area contributed by atoms with E-state index in [0.29, 0.717) is 0 Å². The van der Waals surface area contributed by atoms with Gasteiger partial charge in [-0.3, -0.25) is 0 Å². The first kappa shape index (κ1) is 46.6. The molecule has 0 amide bonds. The fourth-order valence-electron chi connectivity index (χ4n) is 1.67. The van der Waals surface area contributed by atoms with Crippen molar-refractivity contribution < 1.29 is 0 Å². The van der Waals surface area contributed by atoms with Crippen LogP contribution in [-0.2, 0) is 0 Å². The van der Waals surface area contributed by atoms with E-state index in [-0.39, 0.29) is 0 Å². The Labute approximate surface area is 194 Å². The minimum Gasteiger partial charge on any atom is -0.370 e. The van der Waals surface area contributed by atoms with Crippen molar-refractivity contribution in [2.75, 3.05) is 20.1 Å². The Bertz CT molecular complexity index is 313. The van der Waals surface area contributed by atoms with Gasteiger partial charge in [-0.2, -0.15) is 0 Å². The number of hydrogen-bond acceptors (Lipinski definition) is 2. The highest BCUT2D eigenvalue weighted by atomic mass is 15.1. The van der Waals surface area contributed by atoms with Crippen molar-refractivity contribution in [2.45, 2.75) is 102 Å². The van der Waals surface area contributed by atoms with Gasteiger partial charge in [0.05, 0.1) is 0 Å². The third-order valence-electron chi connectivity index (χ3n) is 2.44. The van der Waals surface area contributed by atoms with Crippen LogP contribution in [0.4, 0.5) is 0 Å². The minimum absolute atomic E-state index is 1.00. The predicted molar refractivity (Wildman–Crippen MR) is 150 cm³/mol. The van der Waals surface area contributed by atoms with Crippen molar-refractivity contribution in [3.8, 4) is 0 Å². The van der Waals surface area contributed by atoms with Gasteiger partial charge in [0.2, 0.25) is 0 Å². The highest BCUT2D eigenvalue weighted by Crippen LogP contribution is 2.13. The number of allylic oxidation sites excluding steroid dienone is 5. The van der Waals surface area contributed by atoms with Crippen molar-refractivity contribution in [1.82, 2.24) is 4.90 Å². The smallest absolute Gasteiger partial charge is 0.0390 e. The summed E-state index contributed by atoms with van der Waals surface area (Å²) in [6.45, 7) is 32.4. The van der Waals surface area contributed by atoms with Crippen molar-refractivity contribution >= 4 is 0 Å². The first-order valence-electron chi connectivity index (χ1n) is 12.2. The second-order valence-electron chi connectivity index (χ2n) is 4.48. The van der Waals surface area contributed by atoms with Crippen LogP contribution in [0.3, 0.4) is 0 Å². The maximum atomic E-state index is 4.50. The van der Waals surface area contributed by atoms with Crippen LogP contribution in [0.15, 0.2) is 61.4 Å². The molecule has 0 spiro atoms. The molecular weight excluding hydrogens is 364 g/mol. The molecule has 0 fully saturated rings. The SMILES string of the molecule is C/C=C\CN(/C=C\C)CC1=CC=CCC1.C=C.CC.CC.CC.CC.CCC.CN. The Morgan fingerprint density at radius 3 is 1.63 bits per heavy atom. The summed E-state index contributed by atoms with van der Waals surface area (Å²) in [5, 5.41) is 0. The molecule has 0 bridgehead atoms. The van der Waals surface area contributed by atoms with Gasteiger partial charge in [-0.05, 0) is 39.9 Å². The summed E-state index contributed by atoms with van der Waals surface area (Å²) in [5.41, 5.74) is 6.03. The van der Waals surface area contributed by atoms with Gasteiger partial charge in [0.15, 0.2) is 0 Å². The average Bonchev–Trinajstić information content (AvgIpc) is 2.86. The molecule has 1 aliphatic rings. The lowest BCUT2D eigenvalue weighted by molar-refractivity contribution is 0.444. The molecule has 1 aliphatic carbocycles. The number of nitrogens with two attached hydrogens (primary N) is 1. The first-order chi connectivity index (χ1) is 14.8. The summed E-state index contributed by atoms with van der Waals surface area (Å²) < 4.78 is 0. The van der Waals surface area contributed by atoms with Crippen LogP contribution in [0.2, 0.25) is 0 Å². The third-order valence-corrected chi connectivity index (χ3v) is 2.44. The summed E-state index contributed by atoms with van der Waals surface area (Å²) in [5.74, 6) is 0. The van der Waals surface area contributed by atoms with E-state index in [9.17, 15) is 0 Å². The third kappa shape index (κ3) is 56.3. The van der Waals surface area contributed by atoms with Gasteiger partial charge in [0, 0.05) is 13.1 Å². The van der Waals surface area contributed by atoms with Crippen LogP contribution in [0, 0.1) is 0 Å². The molecule has 2 nitrogen and oxygen atoms in total. The van der Waals surface area contributed by atoms with E-state index >= 15 is 0 Å². The monoisotopic (exact) mass is 426 g/mol. The zero-order valence-electron chi connectivity index (χ0n) is 23.5. The van der Waals surface area contributed by atoms with E-state index in [1.165, 1.54) is 31.9 Å². The van der Waals surface area contributed by atoms with Crippen LogP contribution in [0.1, 0.15) is 102 Å². The Morgan fingerprint density at radius 2 is 1.33 bits per heavy atom. The van der Waals surface area contributed by atoms with Gasteiger partial charge in [-0.15, -0.1) is 13.2 Å². The molecule has 184 valence electrons. The van der Waals surface area contributed by atoms with Crippen molar-refractivity contribution in [2.24, 2.45) is 5.73 Å². The number of hydrogen-bond donors (Lipinski definition) is 1. The lowest BCUT2D eigenvalue weighted by atomic mass is 10.0. The maximum Gasteiger partial charge on any atom is 0.0390 e. The Balaban J connectivity index is -0.0000000593. The Hall–Kier alpha value is -1.54. The molecule has 0 saturated heterocycles. The molecule has 0 unspecified atom stereocenters. The van der Waals surface area contributed by atoms with E-state index in [0.717, 1.165) is 13.1 Å². The summed E-state index contributed by atoms with van der Waals surface area (Å²) in [4.78, 5) is 2.34. The number of nitrogens with zero attached hydrogens (tertiary/aromatic N) is 1. The van der Waals surface area contributed by atoms with E-state index in [1.54, 1.807) is 0 Å². The van der Waals surface area contributed by atoms with Crippen LogP contribution < -0.4 is 5.73 Å². The molecule has 0 radical (unpaired) electrons. The second kappa shape index (κ2) is 71.0. The Morgan fingerprint density at radius 1 is 0.900 bits per heavy atom. The summed E-state index contributed by atoms with van der Waals surface area (Å²) >= 11 is 0. The molecule has 0 aliphatic heterocycles. The summed E-state index contributed by atoms with van der Waals surface area (Å²) in [6, 6.07) is 0. The lowest BCUT2D eigenvalue weighted by Gasteiger charge is -2.21. The fraction of sp³-hybridized carbons (Fsp3) is 0.643. The van der Waals surface area contributed by atoms with Gasteiger partial charge in [0.25, 0.3) is 0 Å². The Kier molecular flexibility index (Phi) is 110. The van der Waals surface area contributed by atoms with Crippen molar-refractivity contribution in [1.29, 1.82) is 0 Å². The highest BCUT2D eigenvalue weighted by Gasteiger charge is 2.03. The first-order valence-corrected chi connectivity index (χ1v) is 12.2. The zero-order chi connectivity index (χ0) is 25.6. The van der Waals surface area contributed by atoms with Crippen LogP contribution in [0.25, 0.3) is 0 Å². The molecule has 0 aromatic heterocycles. The highest BCUT2D eigenvalue weighted by molar-refractivity contribution is 5.19. The minimum atomic E-state index is 1.00. The molecular formula is C28H62N2. The van der Waals surface area contributed by atoms with Gasteiger partial charge in [-0.25, -0.2) is 0 Å². The maximum absolute atomic E-state index is 4.50. The quantitative estimate of drug-likeness (QED) is 0.443. The lowest BCUT2D eigenvalue weighted by Crippen LogP contribution is -2.20. The summed E-state index contributed by atoms with van der Waals surface area (Å²) in [7, 11) is 1.50. The average molecular weight is 427 g/mol. The summed E-state index contributed by atoms with van der Waals surface area (Å²) in [6.07, 6.45) is 18.9. The van der Waals surface area contributed by atoms with Gasteiger partial charge in [-0.1, -0.05) is 118 Å². The van der Waals surface area contributed by atoms with E-state index in [4.69, 9.17) is 0 Å². The normalized spacial score (nSPS) is 9.87. The van der Waals surface area contributed by atoms with Gasteiger partial charge < -0.3 is 10.6 Å². The van der Waals surface area contributed by atoms with Crippen LogP contribution in [-0.4, -0.2) is 25.0 Å². The predicted octanol–water partition coefficient (Wildman–Crippen LogP) is 9.57. The van der Waals surface area contributed by atoms with Crippen molar-refractivity contribution in [3.63, 3.8) is 0 Å². The molecule has 0 aromatic rings. The second-order valence-corrected chi connectivity index (χ2v) is 4.48. The molecule has 1 rings (SSSR count). The number of rotatable bonds is 5. The molecule has 0 atom stereocenters. The molecule has 2 heteroatoms.